The molecule has 2 aromatic heterocycles. The van der Waals surface area contributed by atoms with E-state index in [1.807, 2.05) is 6.92 Å². The van der Waals surface area contributed by atoms with Gasteiger partial charge in [-0.25, -0.2) is 14.3 Å². The number of carbonyl (C=O) groups is 1. The van der Waals surface area contributed by atoms with Gasteiger partial charge in [0, 0.05) is 12.3 Å². The number of carboxylic acid groups (broad SMARTS) is 1. The Hall–Kier alpha value is -1.33. The molecule has 1 N–H and O–H groups in total. The molecule has 0 radical (unpaired) electrons. The molecule has 7 heteroatoms. The molecule has 0 aliphatic rings. The maximum atomic E-state index is 11.1. The number of hydrogen-bond donors (Lipinski definition) is 1. The lowest BCUT2D eigenvalue weighted by atomic mass is 10.1. The lowest BCUT2D eigenvalue weighted by Crippen LogP contribution is -2.11. The van der Waals surface area contributed by atoms with Gasteiger partial charge in [0.05, 0.1) is 11.1 Å². The van der Waals surface area contributed by atoms with Crippen molar-refractivity contribution >= 4 is 34.8 Å². The monoisotopic (exact) mass is 273 g/mol. The first-order chi connectivity index (χ1) is 8.04. The predicted molar refractivity (Wildman–Crippen MR) is 63.8 cm³/mol. The van der Waals surface area contributed by atoms with Crippen molar-refractivity contribution < 1.29 is 9.90 Å². The molecule has 0 saturated heterocycles. The molecule has 0 aliphatic carbocycles. The fraction of sp³-hybridized carbons (Fsp3) is 0.300. The van der Waals surface area contributed by atoms with E-state index in [2.05, 4.69) is 10.1 Å². The number of alkyl halides is 1. The van der Waals surface area contributed by atoms with Crippen molar-refractivity contribution in [1.82, 2.24) is 14.6 Å². The van der Waals surface area contributed by atoms with Crippen LogP contribution in [0.25, 0.3) is 5.65 Å². The minimum Gasteiger partial charge on any atom is -0.478 e. The van der Waals surface area contributed by atoms with Gasteiger partial charge < -0.3 is 5.11 Å². The number of nitrogens with zero attached hydrogens (tertiary/aromatic N) is 3. The second-order valence-corrected chi connectivity index (χ2v) is 4.39. The van der Waals surface area contributed by atoms with Gasteiger partial charge in [-0.2, -0.15) is 5.10 Å². The summed E-state index contributed by atoms with van der Waals surface area (Å²) < 4.78 is 1.38. The Balaban J connectivity index is 2.78. The third kappa shape index (κ3) is 2.08. The first-order valence-electron chi connectivity index (χ1n) is 4.96. The van der Waals surface area contributed by atoms with Crippen LogP contribution < -0.4 is 0 Å². The Morgan fingerprint density at radius 2 is 2.35 bits per heavy atom. The van der Waals surface area contributed by atoms with Crippen LogP contribution in [0.5, 0.6) is 0 Å². The van der Waals surface area contributed by atoms with Crippen LogP contribution in [-0.4, -0.2) is 25.7 Å². The molecule has 0 fully saturated rings. The number of hydrogen-bond acceptors (Lipinski definition) is 3. The van der Waals surface area contributed by atoms with Crippen LogP contribution in [0.2, 0.25) is 5.15 Å². The lowest BCUT2D eigenvalue weighted by molar-refractivity contribution is 0.0694. The molecular formula is C10H9Cl2N3O2. The highest BCUT2D eigenvalue weighted by molar-refractivity contribution is 6.29. The van der Waals surface area contributed by atoms with Crippen molar-refractivity contribution in [3.63, 3.8) is 0 Å². The lowest BCUT2D eigenvalue weighted by Gasteiger charge is -2.11. The first kappa shape index (κ1) is 12.1. The van der Waals surface area contributed by atoms with Crippen LogP contribution in [0.4, 0.5) is 0 Å². The molecule has 0 spiro atoms. The van der Waals surface area contributed by atoms with Gasteiger partial charge in [-0.05, 0) is 6.42 Å². The van der Waals surface area contributed by atoms with Crippen molar-refractivity contribution in [1.29, 1.82) is 0 Å². The zero-order chi connectivity index (χ0) is 12.6. The third-order valence-electron chi connectivity index (χ3n) is 2.38. The number of halogens is 2. The van der Waals surface area contributed by atoms with E-state index >= 15 is 0 Å². The van der Waals surface area contributed by atoms with Crippen molar-refractivity contribution in [2.24, 2.45) is 0 Å². The van der Waals surface area contributed by atoms with Gasteiger partial charge in [-0.15, -0.1) is 11.6 Å². The summed E-state index contributed by atoms with van der Waals surface area (Å²) >= 11 is 11.9. The zero-order valence-corrected chi connectivity index (χ0v) is 10.4. The summed E-state index contributed by atoms with van der Waals surface area (Å²) in [5.41, 5.74) is 0.923. The zero-order valence-electron chi connectivity index (χ0n) is 8.89. The Morgan fingerprint density at radius 3 is 2.94 bits per heavy atom. The quantitative estimate of drug-likeness (QED) is 0.874. The fourth-order valence-corrected chi connectivity index (χ4v) is 1.97. The maximum absolute atomic E-state index is 11.1. The summed E-state index contributed by atoms with van der Waals surface area (Å²) in [5, 5.41) is 12.9. The second kappa shape index (κ2) is 4.50. The summed E-state index contributed by atoms with van der Waals surface area (Å²) in [6, 6.07) is 1.55. The molecule has 0 aromatic carbocycles. The molecule has 5 nitrogen and oxygen atoms in total. The van der Waals surface area contributed by atoms with E-state index in [4.69, 9.17) is 28.3 Å². The molecule has 1 atom stereocenters. The number of carboxylic acids is 1. The van der Waals surface area contributed by atoms with Gasteiger partial charge in [0.15, 0.2) is 10.8 Å². The normalized spacial score (nSPS) is 12.9. The van der Waals surface area contributed by atoms with E-state index < -0.39 is 11.3 Å². The van der Waals surface area contributed by atoms with Crippen LogP contribution >= 0.6 is 23.2 Å². The molecule has 0 bridgehead atoms. The maximum Gasteiger partial charge on any atom is 0.339 e. The summed E-state index contributed by atoms with van der Waals surface area (Å²) in [5.74, 6) is -1.08. The number of aromatic carboxylic acids is 1. The Kier molecular flexibility index (Phi) is 3.22. The average molecular weight is 274 g/mol. The van der Waals surface area contributed by atoms with E-state index in [0.29, 0.717) is 17.8 Å². The van der Waals surface area contributed by atoms with E-state index in [0.717, 1.165) is 0 Å². The smallest absolute Gasteiger partial charge is 0.339 e. The van der Waals surface area contributed by atoms with Gasteiger partial charge in [0.1, 0.15) is 5.56 Å². The van der Waals surface area contributed by atoms with Gasteiger partial charge in [0.25, 0.3) is 0 Å². The van der Waals surface area contributed by atoms with Crippen molar-refractivity contribution in [3.05, 3.63) is 28.7 Å². The SMILES string of the molecule is CCC(Cl)c1c(C(=O)O)cnc2cc(Cl)nn12. The van der Waals surface area contributed by atoms with Crippen molar-refractivity contribution in [3.8, 4) is 0 Å². The summed E-state index contributed by atoms with van der Waals surface area (Å²) in [6.45, 7) is 1.86. The highest BCUT2D eigenvalue weighted by atomic mass is 35.5. The highest BCUT2D eigenvalue weighted by Gasteiger charge is 2.21. The molecule has 17 heavy (non-hydrogen) atoms. The largest absolute Gasteiger partial charge is 0.478 e. The van der Waals surface area contributed by atoms with Crippen LogP contribution in [-0.2, 0) is 0 Å². The molecule has 2 rings (SSSR count). The van der Waals surface area contributed by atoms with E-state index in [1.54, 1.807) is 6.07 Å². The van der Waals surface area contributed by atoms with Crippen LogP contribution in [0.3, 0.4) is 0 Å². The average Bonchev–Trinajstić information content (AvgIpc) is 2.66. The first-order valence-corrected chi connectivity index (χ1v) is 5.77. The van der Waals surface area contributed by atoms with E-state index in [9.17, 15) is 4.79 Å². The minimum atomic E-state index is -1.08. The van der Waals surface area contributed by atoms with Crippen LogP contribution in [0.1, 0.15) is 34.8 Å². The topological polar surface area (TPSA) is 67.5 Å². The Labute approximate surface area is 107 Å². The van der Waals surface area contributed by atoms with E-state index in [-0.39, 0.29) is 10.7 Å². The second-order valence-electron chi connectivity index (χ2n) is 3.48. The number of rotatable bonds is 3. The minimum absolute atomic E-state index is 0.0408. The molecule has 0 saturated carbocycles. The molecular weight excluding hydrogens is 265 g/mol. The number of fused-ring (bicyclic) bond motifs is 1. The van der Waals surface area contributed by atoms with Crippen LogP contribution in [0.15, 0.2) is 12.3 Å². The van der Waals surface area contributed by atoms with Gasteiger partial charge in [-0.1, -0.05) is 18.5 Å². The van der Waals surface area contributed by atoms with E-state index in [1.165, 1.54) is 10.7 Å². The Morgan fingerprint density at radius 1 is 1.65 bits per heavy atom. The van der Waals surface area contributed by atoms with Gasteiger partial charge in [-0.3, -0.25) is 0 Å². The standard InChI is InChI=1S/C10H9Cl2N3O2/c1-2-6(11)9-5(10(16)17)4-13-8-3-7(12)14-15(8)9/h3-4,6H,2H2,1H3,(H,16,17). The predicted octanol–water partition coefficient (Wildman–Crippen LogP) is 2.77. The van der Waals surface area contributed by atoms with Crippen molar-refractivity contribution in [2.45, 2.75) is 18.7 Å². The molecule has 1 unspecified atom stereocenters. The molecule has 0 aliphatic heterocycles. The Bertz CT molecular complexity index is 582. The molecule has 2 aromatic rings. The van der Waals surface area contributed by atoms with Crippen LogP contribution in [0, 0.1) is 0 Å². The summed E-state index contributed by atoms with van der Waals surface area (Å²) in [6.07, 6.45) is 1.86. The highest BCUT2D eigenvalue weighted by Crippen LogP contribution is 2.27. The third-order valence-corrected chi connectivity index (χ3v) is 3.08. The molecule has 2 heterocycles. The van der Waals surface area contributed by atoms with Crippen molar-refractivity contribution in [2.75, 3.05) is 0 Å². The van der Waals surface area contributed by atoms with Gasteiger partial charge in [0.2, 0.25) is 0 Å². The molecule has 90 valence electrons. The summed E-state index contributed by atoms with van der Waals surface area (Å²) in [7, 11) is 0. The fourth-order valence-electron chi connectivity index (χ4n) is 1.58. The molecule has 0 amide bonds. The number of aromatic nitrogens is 3. The van der Waals surface area contributed by atoms with Gasteiger partial charge >= 0.3 is 5.97 Å². The summed E-state index contributed by atoms with van der Waals surface area (Å²) in [4.78, 5) is 15.1.